The van der Waals surface area contributed by atoms with Gasteiger partial charge in [-0.1, -0.05) is 71.8 Å². The number of ketones is 1. The maximum atomic E-state index is 10.0. The van der Waals surface area contributed by atoms with E-state index in [0.29, 0.717) is 0 Å². The van der Waals surface area contributed by atoms with E-state index in [1.165, 1.54) is 58.0 Å². The minimum absolute atomic E-state index is 0. The van der Waals surface area contributed by atoms with Crippen molar-refractivity contribution in [2.45, 2.75) is 27.7 Å². The van der Waals surface area contributed by atoms with Crippen molar-refractivity contribution in [2.75, 3.05) is 0 Å². The van der Waals surface area contributed by atoms with Crippen LogP contribution in [0.1, 0.15) is 25.0 Å². The van der Waals surface area contributed by atoms with E-state index in [2.05, 4.69) is 92.7 Å². The van der Waals surface area contributed by atoms with E-state index in [4.69, 9.17) is 10.1 Å². The van der Waals surface area contributed by atoms with Crippen LogP contribution in [0.2, 0.25) is 0 Å². The number of pyridine rings is 1. The summed E-state index contributed by atoms with van der Waals surface area (Å²) >= 11 is 1.75. The molecule has 0 amide bonds. The average molecular weight is 683 g/mol. The molecule has 5 heteroatoms. The Labute approximate surface area is 235 Å². The summed E-state index contributed by atoms with van der Waals surface area (Å²) in [4.78, 5) is 17.3. The third-order valence-electron chi connectivity index (χ3n) is 5.49. The van der Waals surface area contributed by atoms with Crippen molar-refractivity contribution in [1.82, 2.24) is 4.98 Å². The summed E-state index contributed by atoms with van der Waals surface area (Å²) in [5.41, 5.74) is 8.22. The van der Waals surface area contributed by atoms with Crippen LogP contribution >= 0.6 is 11.3 Å². The minimum atomic E-state index is -0.125. The smallest absolute Gasteiger partial charge is 0.155 e. The first-order chi connectivity index (χ1) is 17.3. The fourth-order valence-corrected chi connectivity index (χ4v) is 5.06. The van der Waals surface area contributed by atoms with Crippen LogP contribution < -0.4 is 0 Å². The third-order valence-corrected chi connectivity index (χ3v) is 6.58. The number of hydrogen-bond acceptors (Lipinski definition) is 4. The first kappa shape index (κ1) is 28.2. The van der Waals surface area contributed by atoms with Crippen LogP contribution in [-0.4, -0.2) is 15.9 Å². The number of benzene rings is 3. The van der Waals surface area contributed by atoms with Crippen LogP contribution in [0.5, 0.6) is 0 Å². The standard InChI is InChI=1S/C27H20NS.C5H8O2.Ir/c1-18-13-19(2)15-24(14-18)26-17-23-11-12-25(28-27(23)29-26)22-10-6-9-21(16-22)20-7-4-3-5-8-20;1-4(6)3-5(2)7;/h3-9,11-17H,1-2H3;3,6H,1-2H3;/q-1;;/b;4-3-;. The molecule has 0 fully saturated rings. The van der Waals surface area contributed by atoms with Crippen LogP contribution in [0, 0.1) is 19.9 Å². The van der Waals surface area contributed by atoms with E-state index in [1.807, 2.05) is 12.1 Å². The number of carbonyl (C=O) groups is 1. The van der Waals surface area contributed by atoms with Crippen LogP contribution in [-0.2, 0) is 24.9 Å². The molecule has 5 rings (SSSR count). The van der Waals surface area contributed by atoms with Crippen molar-refractivity contribution in [3.05, 3.63) is 114 Å². The van der Waals surface area contributed by atoms with Gasteiger partial charge in [0.25, 0.3) is 0 Å². The summed E-state index contributed by atoms with van der Waals surface area (Å²) in [5, 5.41) is 9.55. The predicted octanol–water partition coefficient (Wildman–Crippen LogP) is 8.75. The average Bonchev–Trinajstić information content (AvgIpc) is 3.27. The molecule has 0 bridgehead atoms. The van der Waals surface area contributed by atoms with Gasteiger partial charge in [0.15, 0.2) is 5.78 Å². The fourth-order valence-electron chi connectivity index (χ4n) is 4.05. The second kappa shape index (κ2) is 12.7. The molecule has 2 aromatic heterocycles. The number of nitrogens with zero attached hydrogens (tertiary/aromatic N) is 1. The molecule has 189 valence electrons. The molecular weight excluding hydrogens is 655 g/mol. The van der Waals surface area contributed by atoms with Gasteiger partial charge < -0.3 is 5.11 Å². The first-order valence-corrected chi connectivity index (χ1v) is 12.5. The van der Waals surface area contributed by atoms with Crippen molar-refractivity contribution in [2.24, 2.45) is 0 Å². The van der Waals surface area contributed by atoms with Crippen molar-refractivity contribution >= 4 is 27.3 Å². The minimum Gasteiger partial charge on any atom is -0.512 e. The van der Waals surface area contributed by atoms with Gasteiger partial charge in [0.2, 0.25) is 0 Å². The number of aliphatic hydroxyl groups is 1. The number of thiophene rings is 1. The van der Waals surface area contributed by atoms with Crippen molar-refractivity contribution in [3.63, 3.8) is 0 Å². The molecule has 1 N–H and O–H groups in total. The van der Waals surface area contributed by atoms with Gasteiger partial charge in [-0.3, -0.25) is 9.78 Å². The molecule has 1 radical (unpaired) electrons. The van der Waals surface area contributed by atoms with Crippen LogP contribution in [0.25, 0.3) is 43.0 Å². The fraction of sp³-hybridized carbons (Fsp3) is 0.125. The summed E-state index contributed by atoms with van der Waals surface area (Å²) in [5.74, 6) is -0.0625. The molecule has 5 aromatic rings. The van der Waals surface area contributed by atoms with E-state index in [0.717, 1.165) is 16.1 Å². The molecule has 0 atom stereocenters. The first-order valence-electron chi connectivity index (χ1n) is 11.7. The monoisotopic (exact) mass is 683 g/mol. The van der Waals surface area contributed by atoms with Gasteiger partial charge in [0.05, 0.1) is 5.76 Å². The van der Waals surface area contributed by atoms with E-state index >= 15 is 0 Å². The molecule has 0 aliphatic carbocycles. The molecule has 37 heavy (non-hydrogen) atoms. The predicted molar refractivity (Wildman–Crippen MR) is 151 cm³/mol. The number of fused-ring (bicyclic) bond motifs is 1. The number of aromatic nitrogens is 1. The SMILES string of the molecule is CC(=O)/C=C(/C)O.Cc1cc(C)cc(-c2cc3ccc(-c4[c-]ccc(-c5ccccc5)c4)nc3s2)c1.[Ir]. The molecule has 2 heterocycles. The van der Waals surface area contributed by atoms with Crippen LogP contribution in [0.4, 0.5) is 0 Å². The van der Waals surface area contributed by atoms with Crippen molar-refractivity contribution in [1.29, 1.82) is 0 Å². The molecule has 3 nitrogen and oxygen atoms in total. The summed E-state index contributed by atoms with van der Waals surface area (Å²) in [6.45, 7) is 7.15. The molecule has 3 aromatic carbocycles. The van der Waals surface area contributed by atoms with Gasteiger partial charge in [-0.2, -0.15) is 0 Å². The van der Waals surface area contributed by atoms with Crippen LogP contribution in [0.3, 0.4) is 0 Å². The number of aliphatic hydroxyl groups excluding tert-OH is 1. The van der Waals surface area contributed by atoms with Gasteiger partial charge in [0.1, 0.15) is 4.83 Å². The Morgan fingerprint density at radius 1 is 0.865 bits per heavy atom. The van der Waals surface area contributed by atoms with Gasteiger partial charge in [0, 0.05) is 36.4 Å². The Morgan fingerprint density at radius 3 is 2.19 bits per heavy atom. The van der Waals surface area contributed by atoms with Gasteiger partial charge in [-0.05, 0) is 50.6 Å². The van der Waals surface area contributed by atoms with Gasteiger partial charge >= 0.3 is 0 Å². The summed E-state index contributed by atoms with van der Waals surface area (Å²) in [6, 6.07) is 33.3. The topological polar surface area (TPSA) is 50.2 Å². The molecule has 0 aliphatic rings. The zero-order valence-corrected chi connectivity index (χ0v) is 24.4. The number of rotatable bonds is 4. The normalized spacial score (nSPS) is 10.9. The molecule has 0 spiro atoms. The second-order valence-electron chi connectivity index (χ2n) is 8.83. The zero-order valence-electron chi connectivity index (χ0n) is 21.2. The maximum absolute atomic E-state index is 10.0. The number of aryl methyl sites for hydroxylation is 2. The molecule has 0 aliphatic heterocycles. The molecule has 0 saturated carbocycles. The van der Waals surface area contributed by atoms with E-state index in [9.17, 15) is 4.79 Å². The zero-order chi connectivity index (χ0) is 25.7. The summed E-state index contributed by atoms with van der Waals surface area (Å²) in [7, 11) is 0. The third kappa shape index (κ3) is 7.56. The van der Waals surface area contributed by atoms with Gasteiger partial charge in [-0.15, -0.1) is 46.7 Å². The Morgan fingerprint density at radius 2 is 1.57 bits per heavy atom. The summed E-state index contributed by atoms with van der Waals surface area (Å²) in [6.07, 6.45) is 1.17. The number of allylic oxidation sites excluding steroid dienone is 2. The largest absolute Gasteiger partial charge is 0.512 e. The second-order valence-corrected chi connectivity index (χ2v) is 9.86. The Balaban J connectivity index is 0.000000422. The van der Waals surface area contributed by atoms with Gasteiger partial charge in [-0.25, -0.2) is 0 Å². The van der Waals surface area contributed by atoms with E-state index in [1.54, 1.807) is 11.3 Å². The Hall–Kier alpha value is -3.37. The molecule has 0 saturated heterocycles. The van der Waals surface area contributed by atoms with Crippen LogP contribution in [0.15, 0.2) is 96.8 Å². The Kier molecular flexibility index (Phi) is 9.71. The number of hydrogen-bond donors (Lipinski definition) is 1. The Bertz CT molecular complexity index is 1530. The van der Waals surface area contributed by atoms with Crippen molar-refractivity contribution in [3.8, 4) is 32.8 Å². The quantitative estimate of drug-likeness (QED) is 0.117. The summed E-state index contributed by atoms with van der Waals surface area (Å²) < 4.78 is 0. The number of carbonyl (C=O) groups excluding carboxylic acids is 1. The van der Waals surface area contributed by atoms with E-state index in [-0.39, 0.29) is 31.6 Å². The van der Waals surface area contributed by atoms with E-state index < -0.39 is 0 Å². The van der Waals surface area contributed by atoms with Crippen molar-refractivity contribution < 1.29 is 30.0 Å². The molecule has 0 unspecified atom stereocenters. The maximum Gasteiger partial charge on any atom is 0.155 e. The molecular formula is C32H28IrNO2S-.